The molecule has 160 valence electrons. The van der Waals surface area contributed by atoms with E-state index in [0.29, 0.717) is 27.6 Å². The highest BCUT2D eigenvalue weighted by Gasteiger charge is 2.23. The first kappa shape index (κ1) is 18.7. The molecule has 0 amide bonds. The molecule has 3 heterocycles. The van der Waals surface area contributed by atoms with Crippen molar-refractivity contribution in [3.8, 4) is 22.3 Å². The van der Waals surface area contributed by atoms with Gasteiger partial charge in [0.25, 0.3) is 5.56 Å². The van der Waals surface area contributed by atoms with Crippen LogP contribution in [0.15, 0.2) is 107 Å². The molecule has 0 unspecified atom stereocenters. The number of rotatable bonds is 2. The Morgan fingerprint density at radius 1 is 0.529 bits per heavy atom. The second-order valence-corrected chi connectivity index (χ2v) is 8.23. The minimum atomic E-state index is -0.461. The standard InChI is InChI=1S/C28H16N4O2/c33-27-21-14-8-13-20(19-12-5-4-11-18(19)17-9-2-1-3-10-17)25(21)31-26-24(28(34)32(27)31)29-22-15-6-7-16-23(22)30-26/h1-16H. The summed E-state index contributed by atoms with van der Waals surface area (Å²) in [5.41, 5.74) is 5.58. The minimum absolute atomic E-state index is 0.184. The van der Waals surface area contributed by atoms with Gasteiger partial charge in [-0.2, -0.15) is 4.52 Å². The number of para-hydroxylation sites is 3. The van der Waals surface area contributed by atoms with Gasteiger partial charge in [-0.05, 0) is 34.9 Å². The van der Waals surface area contributed by atoms with Crippen molar-refractivity contribution in [2.24, 2.45) is 0 Å². The van der Waals surface area contributed by atoms with Crippen LogP contribution in [0.25, 0.3) is 55.4 Å². The third-order valence-electron chi connectivity index (χ3n) is 6.32. The molecule has 3 aromatic heterocycles. The Morgan fingerprint density at radius 3 is 1.97 bits per heavy atom. The smallest absolute Gasteiger partial charge is 0.267 e. The SMILES string of the molecule is O=c1c2cccc(-c3ccccc3-c3ccccc3)c2n2c3nc4ccccc4nc3c(=O)n12. The molecule has 34 heavy (non-hydrogen) atoms. The predicted molar refractivity (Wildman–Crippen MR) is 134 cm³/mol. The van der Waals surface area contributed by atoms with Crippen molar-refractivity contribution in [2.45, 2.75) is 0 Å². The summed E-state index contributed by atoms with van der Waals surface area (Å²) in [6.45, 7) is 0. The highest BCUT2D eigenvalue weighted by atomic mass is 16.2. The molecule has 0 aliphatic carbocycles. The molecule has 0 fully saturated rings. The van der Waals surface area contributed by atoms with Crippen LogP contribution in [0.2, 0.25) is 0 Å². The summed E-state index contributed by atoms with van der Waals surface area (Å²) >= 11 is 0. The lowest BCUT2D eigenvalue weighted by Crippen LogP contribution is -2.21. The Hall–Kier alpha value is -4.84. The second-order valence-electron chi connectivity index (χ2n) is 8.23. The maximum Gasteiger partial charge on any atom is 0.302 e. The van der Waals surface area contributed by atoms with Crippen LogP contribution in [-0.2, 0) is 0 Å². The molecule has 7 aromatic rings. The van der Waals surface area contributed by atoms with Crippen LogP contribution in [0, 0.1) is 0 Å². The van der Waals surface area contributed by atoms with Crippen molar-refractivity contribution in [3.05, 3.63) is 118 Å². The molecule has 0 atom stereocenters. The van der Waals surface area contributed by atoms with Gasteiger partial charge in [0.05, 0.1) is 21.9 Å². The first-order chi connectivity index (χ1) is 16.7. The van der Waals surface area contributed by atoms with E-state index in [9.17, 15) is 9.59 Å². The van der Waals surface area contributed by atoms with Gasteiger partial charge in [0.2, 0.25) is 0 Å². The van der Waals surface area contributed by atoms with Crippen molar-refractivity contribution in [2.75, 3.05) is 0 Å². The molecule has 0 saturated carbocycles. The van der Waals surface area contributed by atoms with Crippen LogP contribution < -0.4 is 11.1 Å². The Bertz CT molecular complexity index is 2010. The molecule has 0 radical (unpaired) electrons. The van der Waals surface area contributed by atoms with Gasteiger partial charge in [0.1, 0.15) is 0 Å². The first-order valence-corrected chi connectivity index (χ1v) is 11.0. The summed E-state index contributed by atoms with van der Waals surface area (Å²) in [6.07, 6.45) is 0. The quantitative estimate of drug-likeness (QED) is 0.388. The van der Waals surface area contributed by atoms with Crippen molar-refractivity contribution < 1.29 is 0 Å². The van der Waals surface area contributed by atoms with Gasteiger partial charge in [-0.15, -0.1) is 0 Å². The average molecular weight is 440 g/mol. The molecule has 0 bridgehead atoms. The van der Waals surface area contributed by atoms with Gasteiger partial charge in [-0.3, -0.25) is 9.59 Å². The van der Waals surface area contributed by atoms with Gasteiger partial charge in [-0.1, -0.05) is 78.9 Å². The summed E-state index contributed by atoms with van der Waals surface area (Å²) in [4.78, 5) is 36.0. The summed E-state index contributed by atoms with van der Waals surface area (Å²) in [5.74, 6) is 0. The van der Waals surface area contributed by atoms with E-state index in [0.717, 1.165) is 26.8 Å². The number of hydrogen-bond acceptors (Lipinski definition) is 4. The summed E-state index contributed by atoms with van der Waals surface area (Å²) in [6, 6.07) is 31.2. The Kier molecular flexibility index (Phi) is 3.76. The molecule has 7 rings (SSSR count). The minimum Gasteiger partial charge on any atom is -0.267 e. The third-order valence-corrected chi connectivity index (χ3v) is 6.32. The maximum atomic E-state index is 13.4. The number of nitrogens with zero attached hydrogens (tertiary/aromatic N) is 4. The van der Waals surface area contributed by atoms with Crippen LogP contribution in [-0.4, -0.2) is 19.0 Å². The molecule has 6 heteroatoms. The highest BCUT2D eigenvalue weighted by Crippen LogP contribution is 2.36. The van der Waals surface area contributed by atoms with Gasteiger partial charge < -0.3 is 0 Å². The van der Waals surface area contributed by atoms with Gasteiger partial charge in [0.15, 0.2) is 11.2 Å². The van der Waals surface area contributed by atoms with E-state index in [-0.39, 0.29) is 11.1 Å². The number of hydrogen-bond donors (Lipinski definition) is 0. The Balaban J connectivity index is 1.67. The largest absolute Gasteiger partial charge is 0.302 e. The molecule has 0 spiro atoms. The van der Waals surface area contributed by atoms with Crippen molar-refractivity contribution >= 4 is 33.1 Å². The zero-order chi connectivity index (χ0) is 22.8. The molecular weight excluding hydrogens is 424 g/mol. The van der Waals surface area contributed by atoms with Gasteiger partial charge in [-0.25, -0.2) is 14.5 Å². The van der Waals surface area contributed by atoms with E-state index in [4.69, 9.17) is 4.98 Å². The first-order valence-electron chi connectivity index (χ1n) is 11.0. The molecule has 6 nitrogen and oxygen atoms in total. The van der Waals surface area contributed by atoms with E-state index < -0.39 is 5.56 Å². The molecule has 4 aromatic carbocycles. The van der Waals surface area contributed by atoms with Crippen molar-refractivity contribution in [3.63, 3.8) is 0 Å². The lowest BCUT2D eigenvalue weighted by atomic mass is 9.93. The molecule has 0 aliphatic rings. The van der Waals surface area contributed by atoms with Gasteiger partial charge >= 0.3 is 5.56 Å². The fraction of sp³-hybridized carbons (Fsp3) is 0. The number of aromatic nitrogens is 4. The van der Waals surface area contributed by atoms with Crippen molar-refractivity contribution in [1.82, 2.24) is 19.0 Å². The average Bonchev–Trinajstić information content (AvgIpc) is 3.35. The Morgan fingerprint density at radius 2 is 1.18 bits per heavy atom. The Labute approximate surface area is 192 Å². The van der Waals surface area contributed by atoms with E-state index in [1.807, 2.05) is 72.8 Å². The third kappa shape index (κ3) is 2.45. The van der Waals surface area contributed by atoms with E-state index >= 15 is 0 Å². The number of benzene rings is 4. The zero-order valence-corrected chi connectivity index (χ0v) is 17.8. The van der Waals surface area contributed by atoms with Crippen molar-refractivity contribution in [1.29, 1.82) is 0 Å². The normalized spacial score (nSPS) is 11.8. The van der Waals surface area contributed by atoms with Crippen LogP contribution in [0.5, 0.6) is 0 Å². The van der Waals surface area contributed by atoms with Crippen LogP contribution in [0.3, 0.4) is 0 Å². The van der Waals surface area contributed by atoms with E-state index in [2.05, 4.69) is 23.2 Å². The fourth-order valence-electron chi connectivity index (χ4n) is 4.82. The molecule has 0 saturated heterocycles. The summed E-state index contributed by atoms with van der Waals surface area (Å²) in [5, 5.41) is 0.467. The van der Waals surface area contributed by atoms with Crippen LogP contribution in [0.4, 0.5) is 0 Å². The molecule has 0 aliphatic heterocycles. The van der Waals surface area contributed by atoms with Gasteiger partial charge in [0, 0.05) is 5.56 Å². The zero-order valence-electron chi connectivity index (χ0n) is 17.8. The molecule has 0 N–H and O–H groups in total. The topological polar surface area (TPSA) is 68.7 Å². The second kappa shape index (κ2) is 6.83. The lowest BCUT2D eigenvalue weighted by Gasteiger charge is -2.11. The monoisotopic (exact) mass is 440 g/mol. The molecular formula is C28H16N4O2. The maximum absolute atomic E-state index is 13.4. The number of fused-ring (bicyclic) bond motifs is 6. The fourth-order valence-corrected chi connectivity index (χ4v) is 4.82. The van der Waals surface area contributed by atoms with E-state index in [1.165, 1.54) is 0 Å². The van der Waals surface area contributed by atoms with E-state index in [1.54, 1.807) is 10.6 Å². The van der Waals surface area contributed by atoms with Crippen LogP contribution >= 0.6 is 0 Å². The highest BCUT2D eigenvalue weighted by molar-refractivity contribution is 6.00. The predicted octanol–water partition coefficient (Wildman–Crippen LogP) is 4.78. The summed E-state index contributed by atoms with van der Waals surface area (Å²) in [7, 11) is 0. The lowest BCUT2D eigenvalue weighted by molar-refractivity contribution is 0.836. The van der Waals surface area contributed by atoms with Crippen LogP contribution in [0.1, 0.15) is 0 Å². The summed E-state index contributed by atoms with van der Waals surface area (Å²) < 4.78 is 2.79.